The molecule has 1 aliphatic rings. The molecule has 0 radical (unpaired) electrons. The lowest BCUT2D eigenvalue weighted by atomic mass is 10.0. The van der Waals surface area contributed by atoms with Gasteiger partial charge in [-0.1, -0.05) is 12.1 Å². The van der Waals surface area contributed by atoms with Crippen molar-refractivity contribution >= 4 is 11.7 Å². The van der Waals surface area contributed by atoms with Crippen LogP contribution in [0.25, 0.3) is 0 Å². The van der Waals surface area contributed by atoms with Gasteiger partial charge in [-0.3, -0.25) is 14.4 Å². The van der Waals surface area contributed by atoms with Crippen LogP contribution in [0.1, 0.15) is 23.7 Å². The summed E-state index contributed by atoms with van der Waals surface area (Å²) in [5.41, 5.74) is 1.89. The van der Waals surface area contributed by atoms with E-state index in [0.717, 1.165) is 17.0 Å². The van der Waals surface area contributed by atoms with E-state index in [4.69, 9.17) is 4.74 Å². The van der Waals surface area contributed by atoms with E-state index < -0.39 is 6.10 Å². The maximum atomic E-state index is 12.4. The van der Waals surface area contributed by atoms with Crippen LogP contribution in [0, 0.1) is 6.92 Å². The van der Waals surface area contributed by atoms with Gasteiger partial charge in [0, 0.05) is 25.7 Å². The number of anilines is 1. The van der Waals surface area contributed by atoms with Crippen LogP contribution in [0.3, 0.4) is 0 Å². The Morgan fingerprint density at radius 2 is 2.24 bits per heavy atom. The first-order valence-electron chi connectivity index (χ1n) is 8.33. The van der Waals surface area contributed by atoms with Gasteiger partial charge in [-0.2, -0.15) is 5.10 Å². The summed E-state index contributed by atoms with van der Waals surface area (Å²) < 4.78 is 6.93. The quantitative estimate of drug-likeness (QED) is 0.859. The van der Waals surface area contributed by atoms with Gasteiger partial charge in [-0.25, -0.2) is 0 Å². The summed E-state index contributed by atoms with van der Waals surface area (Å²) in [6, 6.07) is 9.59. The number of β-amino-alcohol motifs (C(OH)–C–C–N with tert-alkyl or cyclic N) is 1. The highest BCUT2D eigenvalue weighted by Crippen LogP contribution is 2.33. The molecule has 1 saturated heterocycles. The number of carbonyl (C=O) groups excluding carboxylic acids is 1. The van der Waals surface area contributed by atoms with Gasteiger partial charge in [0.15, 0.2) is 0 Å². The number of amides is 1. The highest BCUT2D eigenvalue weighted by Gasteiger charge is 2.33. The van der Waals surface area contributed by atoms with E-state index in [2.05, 4.69) is 10.4 Å². The molecule has 0 spiro atoms. The zero-order valence-electron chi connectivity index (χ0n) is 14.8. The topological polar surface area (TPSA) is 79.6 Å². The summed E-state index contributed by atoms with van der Waals surface area (Å²) in [5.74, 6) is 1.32. The third-order valence-corrected chi connectivity index (χ3v) is 4.48. The first kappa shape index (κ1) is 17.4. The van der Waals surface area contributed by atoms with Gasteiger partial charge in [-0.05, 0) is 31.0 Å². The molecule has 0 bridgehead atoms. The molecule has 2 aromatic rings. The molecule has 1 amide bonds. The molecule has 0 aliphatic carbocycles. The second-order valence-electron chi connectivity index (χ2n) is 6.45. The van der Waals surface area contributed by atoms with Gasteiger partial charge >= 0.3 is 0 Å². The first-order valence-corrected chi connectivity index (χ1v) is 8.33. The Bertz CT molecular complexity index is 759. The zero-order valence-corrected chi connectivity index (χ0v) is 14.8. The maximum Gasteiger partial charge on any atom is 0.239 e. The second kappa shape index (κ2) is 7.25. The molecule has 2 atom stereocenters. The Morgan fingerprint density at radius 1 is 1.44 bits per heavy atom. The van der Waals surface area contributed by atoms with Gasteiger partial charge < -0.3 is 15.2 Å². The molecular formula is C18H24N4O3. The smallest absolute Gasteiger partial charge is 0.239 e. The van der Waals surface area contributed by atoms with E-state index in [-0.39, 0.29) is 18.5 Å². The minimum absolute atomic E-state index is 0.0101. The molecule has 25 heavy (non-hydrogen) atoms. The minimum Gasteiger partial charge on any atom is -0.497 e. The average Bonchev–Trinajstić information content (AvgIpc) is 3.09. The van der Waals surface area contributed by atoms with Crippen LogP contribution >= 0.6 is 0 Å². The van der Waals surface area contributed by atoms with Gasteiger partial charge in [0.05, 0.1) is 25.5 Å². The van der Waals surface area contributed by atoms with Crippen molar-refractivity contribution in [2.24, 2.45) is 7.05 Å². The van der Waals surface area contributed by atoms with Crippen molar-refractivity contribution in [1.82, 2.24) is 14.7 Å². The van der Waals surface area contributed by atoms with E-state index in [1.165, 1.54) is 0 Å². The molecule has 1 fully saturated rings. The lowest BCUT2D eigenvalue weighted by molar-refractivity contribution is -0.117. The largest absolute Gasteiger partial charge is 0.497 e. The van der Waals surface area contributed by atoms with E-state index in [1.807, 2.05) is 42.2 Å². The molecule has 7 nitrogen and oxygen atoms in total. The number of aromatic nitrogens is 2. The molecule has 2 N–H and O–H groups in total. The number of benzene rings is 1. The standard InChI is InChI=1S/C18H24N4O3/c1-12-7-17(21(2)20-12)19-18(24)11-22-10-14(23)9-16(22)13-5-4-6-15(8-13)25-3/h4-8,14,16,23H,9-11H2,1-3H3,(H,19,24). The minimum atomic E-state index is -0.442. The molecule has 2 heterocycles. The van der Waals surface area contributed by atoms with Crippen molar-refractivity contribution < 1.29 is 14.6 Å². The number of carbonyl (C=O) groups is 1. The highest BCUT2D eigenvalue weighted by atomic mass is 16.5. The number of hydrogen-bond donors (Lipinski definition) is 2. The highest BCUT2D eigenvalue weighted by molar-refractivity contribution is 5.91. The molecule has 7 heteroatoms. The summed E-state index contributed by atoms with van der Waals surface area (Å²) in [6.45, 7) is 2.56. The fourth-order valence-corrected chi connectivity index (χ4v) is 3.34. The average molecular weight is 344 g/mol. The second-order valence-corrected chi connectivity index (χ2v) is 6.45. The predicted octanol–water partition coefficient (Wildman–Crippen LogP) is 1.48. The zero-order chi connectivity index (χ0) is 18.0. The number of nitrogens with one attached hydrogen (secondary N) is 1. The van der Waals surface area contributed by atoms with Gasteiger partial charge in [-0.15, -0.1) is 0 Å². The van der Waals surface area contributed by atoms with Gasteiger partial charge in [0.25, 0.3) is 0 Å². The van der Waals surface area contributed by atoms with Crippen molar-refractivity contribution in [3.63, 3.8) is 0 Å². The molecule has 2 unspecified atom stereocenters. The van der Waals surface area contributed by atoms with Crippen molar-refractivity contribution in [3.8, 4) is 5.75 Å². The summed E-state index contributed by atoms with van der Waals surface area (Å²) in [5, 5.41) is 17.2. The molecular weight excluding hydrogens is 320 g/mol. The lowest BCUT2D eigenvalue weighted by Crippen LogP contribution is -2.34. The monoisotopic (exact) mass is 344 g/mol. The van der Waals surface area contributed by atoms with Crippen molar-refractivity contribution in [3.05, 3.63) is 41.6 Å². The number of aliphatic hydroxyl groups is 1. The summed E-state index contributed by atoms with van der Waals surface area (Å²) >= 11 is 0. The third-order valence-electron chi connectivity index (χ3n) is 4.48. The molecule has 1 aliphatic heterocycles. The predicted molar refractivity (Wildman–Crippen MR) is 94.5 cm³/mol. The number of likely N-dealkylation sites (tertiary alicyclic amines) is 1. The van der Waals surface area contributed by atoms with E-state index in [0.29, 0.717) is 18.8 Å². The normalized spacial score (nSPS) is 20.6. The molecule has 1 aromatic carbocycles. The van der Waals surface area contributed by atoms with E-state index in [1.54, 1.807) is 18.8 Å². The van der Waals surface area contributed by atoms with Crippen LogP contribution in [0.15, 0.2) is 30.3 Å². The van der Waals surface area contributed by atoms with Crippen LogP contribution in [-0.2, 0) is 11.8 Å². The maximum absolute atomic E-state index is 12.4. The molecule has 3 rings (SSSR count). The van der Waals surface area contributed by atoms with Crippen molar-refractivity contribution in [1.29, 1.82) is 0 Å². The number of aryl methyl sites for hydroxylation is 2. The lowest BCUT2D eigenvalue weighted by Gasteiger charge is -2.24. The molecule has 1 aromatic heterocycles. The molecule has 0 saturated carbocycles. The summed E-state index contributed by atoms with van der Waals surface area (Å²) in [4.78, 5) is 14.4. The van der Waals surface area contributed by atoms with E-state index >= 15 is 0 Å². The molecule has 134 valence electrons. The number of nitrogens with zero attached hydrogens (tertiary/aromatic N) is 3. The number of aliphatic hydroxyl groups excluding tert-OH is 1. The van der Waals surface area contributed by atoms with Crippen LogP contribution in [0.5, 0.6) is 5.75 Å². The number of ether oxygens (including phenoxy) is 1. The Balaban J connectivity index is 1.71. The summed E-state index contributed by atoms with van der Waals surface area (Å²) in [6.07, 6.45) is 0.161. The SMILES string of the molecule is COc1cccc(C2CC(O)CN2CC(=O)Nc2cc(C)nn2C)c1. The Hall–Kier alpha value is -2.38. The van der Waals surface area contributed by atoms with Crippen LogP contribution in [-0.4, -0.2) is 52.0 Å². The third kappa shape index (κ3) is 4.00. The van der Waals surface area contributed by atoms with Gasteiger partial charge in [0.1, 0.15) is 11.6 Å². The first-order chi connectivity index (χ1) is 12.0. The van der Waals surface area contributed by atoms with Crippen LogP contribution in [0.4, 0.5) is 5.82 Å². The number of rotatable bonds is 5. The van der Waals surface area contributed by atoms with Crippen molar-refractivity contribution in [2.45, 2.75) is 25.5 Å². The Labute approximate surface area is 147 Å². The number of hydrogen-bond acceptors (Lipinski definition) is 5. The Kier molecular flexibility index (Phi) is 5.06. The van der Waals surface area contributed by atoms with Crippen molar-refractivity contribution in [2.75, 3.05) is 25.5 Å². The fraction of sp³-hybridized carbons (Fsp3) is 0.444. The summed E-state index contributed by atoms with van der Waals surface area (Å²) in [7, 11) is 3.42. The van der Waals surface area contributed by atoms with E-state index in [9.17, 15) is 9.90 Å². The van der Waals surface area contributed by atoms with Gasteiger partial charge in [0.2, 0.25) is 5.91 Å². The number of methoxy groups -OCH3 is 1. The van der Waals surface area contributed by atoms with Crippen LogP contribution in [0.2, 0.25) is 0 Å². The van der Waals surface area contributed by atoms with Crippen LogP contribution < -0.4 is 10.1 Å². The fourth-order valence-electron chi connectivity index (χ4n) is 3.34. The Morgan fingerprint density at radius 3 is 2.92 bits per heavy atom.